The van der Waals surface area contributed by atoms with Crippen molar-refractivity contribution < 1.29 is 4.55 Å². The van der Waals surface area contributed by atoms with E-state index in [1.54, 1.807) is 47.3 Å². The van der Waals surface area contributed by atoms with Crippen molar-refractivity contribution in [2.75, 3.05) is 26.4 Å². The minimum absolute atomic E-state index is 0.282. The molecule has 1 aliphatic rings. The van der Waals surface area contributed by atoms with Crippen LogP contribution in [0.1, 0.15) is 12.1 Å². The molecule has 30 heavy (non-hydrogen) atoms. The molecule has 0 aliphatic carbocycles. The molecule has 3 aromatic heterocycles. The molecule has 0 aromatic carbocycles. The molecule has 0 amide bonds. The van der Waals surface area contributed by atoms with Gasteiger partial charge >= 0.3 is 0 Å². The second-order valence-electron chi connectivity index (χ2n) is 7.10. The summed E-state index contributed by atoms with van der Waals surface area (Å²) in [4.78, 5) is 8.81. The minimum atomic E-state index is -1.07. The number of aliphatic imine (C=N–C) groups is 1. The van der Waals surface area contributed by atoms with E-state index >= 15 is 0 Å². The van der Waals surface area contributed by atoms with Crippen molar-refractivity contribution >= 4 is 28.7 Å². The zero-order chi connectivity index (χ0) is 21.3. The van der Waals surface area contributed by atoms with Gasteiger partial charge < -0.3 is 10.3 Å². The Balaban J connectivity index is 1.76. The van der Waals surface area contributed by atoms with Crippen molar-refractivity contribution in [2.24, 2.45) is 10.7 Å². The number of rotatable bonds is 6. The van der Waals surface area contributed by atoms with E-state index in [0.29, 0.717) is 30.1 Å². The number of hydrogen-bond acceptors (Lipinski definition) is 8. The highest BCUT2D eigenvalue weighted by Gasteiger charge is 2.50. The van der Waals surface area contributed by atoms with Crippen LogP contribution in [0.5, 0.6) is 0 Å². The van der Waals surface area contributed by atoms with Gasteiger partial charge in [-0.25, -0.2) is 9.50 Å². The molecule has 0 spiro atoms. The highest BCUT2D eigenvalue weighted by atomic mass is 32.2. The molecule has 10 nitrogen and oxygen atoms in total. The summed E-state index contributed by atoms with van der Waals surface area (Å²) in [7, 11) is 1.67. The van der Waals surface area contributed by atoms with Crippen molar-refractivity contribution in [3.8, 4) is 17.3 Å². The first-order valence-electron chi connectivity index (χ1n) is 9.21. The van der Waals surface area contributed by atoms with Crippen LogP contribution in [0, 0.1) is 11.3 Å². The summed E-state index contributed by atoms with van der Waals surface area (Å²) < 4.78 is 17.1. The maximum Gasteiger partial charge on any atom is 0.115 e. The van der Waals surface area contributed by atoms with E-state index in [1.807, 2.05) is 16.6 Å². The van der Waals surface area contributed by atoms with Gasteiger partial charge in [0.25, 0.3) is 0 Å². The molecule has 2 N–H and O–H groups in total. The van der Waals surface area contributed by atoms with E-state index < -0.39 is 16.9 Å². The Kier molecular flexibility index (Phi) is 5.29. The average Bonchev–Trinajstić information content (AvgIpc) is 3.37. The number of fused-ring (bicyclic) bond motifs is 1. The maximum atomic E-state index is 11.8. The molecule has 4 rings (SSSR count). The fraction of sp³-hybridized carbons (Fsp3) is 0.316. The van der Waals surface area contributed by atoms with Gasteiger partial charge in [-0.3, -0.25) is 9.67 Å². The average molecular weight is 424 g/mol. The molecule has 0 bridgehead atoms. The Morgan fingerprint density at radius 3 is 2.90 bits per heavy atom. The highest BCUT2D eigenvalue weighted by Crippen LogP contribution is 2.35. The zero-order valence-electron chi connectivity index (χ0n) is 16.6. The van der Waals surface area contributed by atoms with Crippen molar-refractivity contribution in [1.82, 2.24) is 28.7 Å². The lowest BCUT2D eigenvalue weighted by Crippen LogP contribution is -2.63. The van der Waals surface area contributed by atoms with Crippen LogP contribution in [-0.2, 0) is 16.9 Å². The summed E-state index contributed by atoms with van der Waals surface area (Å²) in [6.45, 7) is 1.01. The van der Waals surface area contributed by atoms with Gasteiger partial charge in [-0.15, -0.1) is 4.31 Å². The van der Waals surface area contributed by atoms with Crippen LogP contribution < -0.4 is 5.73 Å². The first kappa shape index (κ1) is 20.1. The molecule has 4 heterocycles. The standard InChI is InChI=1S/C19H21N9OS/c1-22-8-14(7-21)16-11-27-17(3-6-23-27)18(25-16)15-9-24-28(10-15)19(4-5-20)12-26(13-19)30(2)29/h3,6-11H,4,12-13,21H2,1-2H3. The molecule has 154 valence electrons. The van der Waals surface area contributed by atoms with Crippen LogP contribution in [0.4, 0.5) is 0 Å². The van der Waals surface area contributed by atoms with Gasteiger partial charge in [0.2, 0.25) is 0 Å². The molecular formula is C19H21N9OS. The lowest BCUT2D eigenvalue weighted by Gasteiger charge is -2.46. The first-order chi connectivity index (χ1) is 14.5. The number of aromatic nitrogens is 5. The van der Waals surface area contributed by atoms with Crippen molar-refractivity contribution in [3.05, 3.63) is 42.7 Å². The van der Waals surface area contributed by atoms with E-state index in [1.165, 1.54) is 6.20 Å². The van der Waals surface area contributed by atoms with Crippen LogP contribution in [0.2, 0.25) is 0 Å². The third-order valence-corrected chi connectivity index (χ3v) is 6.17. The predicted octanol–water partition coefficient (Wildman–Crippen LogP) is 0.811. The fourth-order valence-corrected chi connectivity index (χ4v) is 4.44. The topological polar surface area (TPSA) is 136 Å². The van der Waals surface area contributed by atoms with Crippen molar-refractivity contribution in [3.63, 3.8) is 0 Å². The van der Waals surface area contributed by atoms with Crippen LogP contribution in [0.25, 0.3) is 22.3 Å². The van der Waals surface area contributed by atoms with Crippen LogP contribution >= 0.6 is 0 Å². The lowest BCUT2D eigenvalue weighted by atomic mass is 9.89. The van der Waals surface area contributed by atoms with Crippen LogP contribution in [-0.4, -0.2) is 65.8 Å². The number of nitriles is 1. The smallest absolute Gasteiger partial charge is 0.115 e. The van der Waals surface area contributed by atoms with Gasteiger partial charge in [-0.05, 0) is 6.07 Å². The van der Waals surface area contributed by atoms with E-state index in [9.17, 15) is 9.81 Å². The Labute approximate surface area is 176 Å². The molecule has 1 atom stereocenters. The summed E-state index contributed by atoms with van der Waals surface area (Å²) in [5, 5.41) is 18.2. The molecule has 1 saturated heterocycles. The van der Waals surface area contributed by atoms with Crippen LogP contribution in [0.15, 0.2) is 42.0 Å². The number of nitrogens with zero attached hydrogens (tertiary/aromatic N) is 8. The third kappa shape index (κ3) is 3.35. The molecule has 0 saturated carbocycles. The van der Waals surface area contributed by atoms with Crippen molar-refractivity contribution in [1.29, 1.82) is 5.26 Å². The first-order valence-corrected chi connectivity index (χ1v) is 10.7. The maximum absolute atomic E-state index is 11.8. The number of allylic oxidation sites excluding steroid dienone is 1. The van der Waals surface area contributed by atoms with Gasteiger partial charge in [-0.2, -0.15) is 15.5 Å². The van der Waals surface area contributed by atoms with E-state index in [2.05, 4.69) is 21.3 Å². The summed E-state index contributed by atoms with van der Waals surface area (Å²) >= 11 is -1.07. The lowest BCUT2D eigenvalue weighted by molar-refractivity contribution is 0.0724. The third-order valence-electron chi connectivity index (χ3n) is 5.19. The molecule has 1 unspecified atom stereocenters. The van der Waals surface area contributed by atoms with E-state index in [-0.39, 0.29) is 6.42 Å². The van der Waals surface area contributed by atoms with E-state index in [4.69, 9.17) is 10.7 Å². The largest absolute Gasteiger partial charge is 0.598 e. The van der Waals surface area contributed by atoms with Gasteiger partial charge in [0, 0.05) is 48.2 Å². The molecule has 11 heteroatoms. The quantitative estimate of drug-likeness (QED) is 0.457. The summed E-state index contributed by atoms with van der Waals surface area (Å²) in [6.07, 6.45) is 12.1. The second-order valence-corrected chi connectivity index (χ2v) is 8.46. The summed E-state index contributed by atoms with van der Waals surface area (Å²) in [6, 6.07) is 4.11. The second kappa shape index (κ2) is 7.91. The number of nitrogens with two attached hydrogens (primary N) is 1. The molecule has 1 fully saturated rings. The molecule has 0 radical (unpaired) electrons. The highest BCUT2D eigenvalue weighted by molar-refractivity contribution is 7.88. The summed E-state index contributed by atoms with van der Waals surface area (Å²) in [5.41, 5.74) is 8.87. The Morgan fingerprint density at radius 2 is 2.23 bits per heavy atom. The van der Waals surface area contributed by atoms with Gasteiger partial charge in [0.1, 0.15) is 11.8 Å². The Bertz CT molecular complexity index is 1160. The van der Waals surface area contributed by atoms with E-state index in [0.717, 1.165) is 11.1 Å². The zero-order valence-corrected chi connectivity index (χ0v) is 17.5. The molecule has 3 aromatic rings. The Hall–Kier alpha value is -3.20. The van der Waals surface area contributed by atoms with Gasteiger partial charge in [0.15, 0.2) is 0 Å². The van der Waals surface area contributed by atoms with Gasteiger partial charge in [-0.1, -0.05) is 0 Å². The fourth-order valence-electron chi connectivity index (χ4n) is 3.59. The normalized spacial score (nSPS) is 17.9. The number of hydrogen-bond donors (Lipinski definition) is 1. The van der Waals surface area contributed by atoms with Crippen LogP contribution in [0.3, 0.4) is 0 Å². The SMILES string of the molecule is CN=CC(=CN)c1cn2nccc2c(-c2cnn(C3(CC#N)CN([S+](C)[O-])C3)c2)n1. The Morgan fingerprint density at radius 1 is 1.43 bits per heavy atom. The van der Waals surface area contributed by atoms with Crippen molar-refractivity contribution in [2.45, 2.75) is 12.0 Å². The monoisotopic (exact) mass is 423 g/mol. The minimum Gasteiger partial charge on any atom is -0.598 e. The molecule has 1 aliphatic heterocycles. The van der Waals surface area contributed by atoms with Gasteiger partial charge in [0.05, 0.1) is 61.1 Å². The molecular weight excluding hydrogens is 402 g/mol. The summed E-state index contributed by atoms with van der Waals surface area (Å²) in [5.74, 6) is 0. The predicted molar refractivity (Wildman–Crippen MR) is 115 cm³/mol.